The third-order valence-corrected chi connectivity index (χ3v) is 3.57. The molecule has 0 unspecified atom stereocenters. The van der Waals surface area contributed by atoms with Gasteiger partial charge in [0, 0.05) is 20.0 Å². The third kappa shape index (κ3) is 6.61. The zero-order chi connectivity index (χ0) is 14.1. The molecule has 0 radical (unpaired) electrons. The number of hydrogen-bond acceptors (Lipinski definition) is 2. The molecule has 1 aromatic carbocycles. The number of quaternary nitrogens is 1. The van der Waals surface area contributed by atoms with Gasteiger partial charge in [0.2, 0.25) is 0 Å². The van der Waals surface area contributed by atoms with Crippen molar-refractivity contribution >= 4 is 27.5 Å². The molecule has 2 N–H and O–H groups in total. The molecule has 0 aliphatic heterocycles. The van der Waals surface area contributed by atoms with Crippen LogP contribution in [-0.4, -0.2) is 33.4 Å². The van der Waals surface area contributed by atoms with E-state index in [4.69, 9.17) is 21.1 Å². The number of benzene rings is 1. The summed E-state index contributed by atoms with van der Waals surface area (Å²) >= 11 is 9.63. The van der Waals surface area contributed by atoms with Gasteiger partial charge in [0.15, 0.2) is 5.75 Å². The minimum atomic E-state index is 0.663. The number of aryl methyl sites for hydroxylation is 1. The summed E-state index contributed by atoms with van der Waals surface area (Å²) in [6.45, 7) is 5.68. The lowest BCUT2D eigenvalue weighted by Crippen LogP contribution is -2.84. The molecule has 0 heterocycles. The highest BCUT2D eigenvalue weighted by Crippen LogP contribution is 2.34. The summed E-state index contributed by atoms with van der Waals surface area (Å²) in [6, 6.07) is 3.93. The Hall–Kier alpha value is -0.290. The fraction of sp³-hybridized carbons (Fsp3) is 0.571. The number of methoxy groups -OCH3 is 1. The molecular formula is C14H22BrClNO2+. The second-order valence-electron chi connectivity index (χ2n) is 4.47. The first kappa shape index (κ1) is 16.8. The van der Waals surface area contributed by atoms with Crippen molar-refractivity contribution in [2.24, 2.45) is 0 Å². The van der Waals surface area contributed by atoms with Gasteiger partial charge in [-0.25, -0.2) is 0 Å². The van der Waals surface area contributed by atoms with Crippen LogP contribution in [0.5, 0.6) is 5.75 Å². The average Bonchev–Trinajstić information content (AvgIpc) is 2.35. The topological polar surface area (TPSA) is 35.1 Å². The van der Waals surface area contributed by atoms with E-state index in [0.29, 0.717) is 11.6 Å². The maximum atomic E-state index is 6.16. The van der Waals surface area contributed by atoms with Crippen LogP contribution in [0.15, 0.2) is 16.6 Å². The monoisotopic (exact) mass is 350 g/mol. The van der Waals surface area contributed by atoms with Gasteiger partial charge in [-0.1, -0.05) is 11.6 Å². The van der Waals surface area contributed by atoms with E-state index in [2.05, 4.69) is 21.2 Å². The first-order chi connectivity index (χ1) is 9.15. The van der Waals surface area contributed by atoms with Gasteiger partial charge in [0.25, 0.3) is 0 Å². The van der Waals surface area contributed by atoms with Crippen LogP contribution in [0, 0.1) is 6.92 Å². The van der Waals surface area contributed by atoms with Crippen molar-refractivity contribution in [3.63, 3.8) is 0 Å². The SMILES string of the molecule is COCCC[NH2+]CCCOc1c(Cl)cc(C)cc1Br. The Bertz CT molecular complexity index is 365. The van der Waals surface area contributed by atoms with Crippen molar-refractivity contribution in [2.45, 2.75) is 19.8 Å². The first-order valence-electron chi connectivity index (χ1n) is 6.54. The molecule has 1 aromatic rings. The fourth-order valence-corrected chi connectivity index (χ4v) is 2.87. The molecule has 19 heavy (non-hydrogen) atoms. The van der Waals surface area contributed by atoms with E-state index in [1.54, 1.807) is 7.11 Å². The van der Waals surface area contributed by atoms with E-state index >= 15 is 0 Å². The van der Waals surface area contributed by atoms with E-state index < -0.39 is 0 Å². The molecule has 108 valence electrons. The molecule has 0 saturated heterocycles. The summed E-state index contributed by atoms with van der Waals surface area (Å²) in [6.07, 6.45) is 2.09. The summed E-state index contributed by atoms with van der Waals surface area (Å²) in [5.74, 6) is 0.742. The zero-order valence-corrected chi connectivity index (χ0v) is 13.9. The van der Waals surface area contributed by atoms with Crippen LogP contribution in [0.25, 0.3) is 0 Å². The average molecular weight is 352 g/mol. The van der Waals surface area contributed by atoms with Crippen molar-refractivity contribution in [3.05, 3.63) is 27.2 Å². The van der Waals surface area contributed by atoms with Gasteiger partial charge < -0.3 is 14.8 Å². The number of hydrogen-bond donors (Lipinski definition) is 1. The quantitative estimate of drug-likeness (QED) is 0.694. The summed E-state index contributed by atoms with van der Waals surface area (Å²) in [4.78, 5) is 0. The van der Waals surface area contributed by atoms with E-state index in [1.807, 2.05) is 19.1 Å². The maximum Gasteiger partial charge on any atom is 0.152 e. The van der Waals surface area contributed by atoms with Crippen LogP contribution in [0.4, 0.5) is 0 Å². The molecule has 0 saturated carbocycles. The molecule has 0 bridgehead atoms. The predicted molar refractivity (Wildman–Crippen MR) is 82.2 cm³/mol. The largest absolute Gasteiger partial charge is 0.491 e. The van der Waals surface area contributed by atoms with Gasteiger partial charge in [-0.3, -0.25) is 0 Å². The van der Waals surface area contributed by atoms with Gasteiger partial charge in [0.1, 0.15) is 0 Å². The fourth-order valence-electron chi connectivity index (χ4n) is 1.74. The number of ether oxygens (including phenoxy) is 2. The van der Waals surface area contributed by atoms with Crippen molar-refractivity contribution in [1.29, 1.82) is 0 Å². The maximum absolute atomic E-state index is 6.16. The van der Waals surface area contributed by atoms with Crippen molar-refractivity contribution < 1.29 is 14.8 Å². The van der Waals surface area contributed by atoms with Gasteiger partial charge in [-0.15, -0.1) is 0 Å². The standard InChI is InChI=1S/C14H21BrClNO2/c1-11-9-12(15)14(13(16)10-11)19-8-4-6-17-5-3-7-18-2/h9-10,17H,3-8H2,1-2H3/p+1. The summed E-state index contributed by atoms with van der Waals surface area (Å²) in [5.41, 5.74) is 1.12. The van der Waals surface area contributed by atoms with Gasteiger partial charge in [0.05, 0.1) is 35.8 Å². The molecule has 0 aliphatic rings. The second kappa shape index (κ2) is 9.59. The Morgan fingerprint density at radius 2 is 1.89 bits per heavy atom. The highest BCUT2D eigenvalue weighted by molar-refractivity contribution is 9.10. The normalized spacial score (nSPS) is 10.7. The van der Waals surface area contributed by atoms with Gasteiger partial charge in [-0.2, -0.15) is 0 Å². The number of halogens is 2. The second-order valence-corrected chi connectivity index (χ2v) is 5.73. The highest BCUT2D eigenvalue weighted by atomic mass is 79.9. The molecule has 5 heteroatoms. The Balaban J connectivity index is 2.19. The van der Waals surface area contributed by atoms with Crippen LogP contribution >= 0.6 is 27.5 Å². The molecule has 0 amide bonds. The highest BCUT2D eigenvalue weighted by Gasteiger charge is 2.07. The molecule has 0 aliphatic carbocycles. The van der Waals surface area contributed by atoms with Crippen molar-refractivity contribution in [1.82, 2.24) is 0 Å². The van der Waals surface area contributed by atoms with Crippen molar-refractivity contribution in [2.75, 3.05) is 33.4 Å². The van der Waals surface area contributed by atoms with E-state index in [0.717, 1.165) is 48.3 Å². The minimum absolute atomic E-state index is 0.663. The summed E-state index contributed by atoms with van der Waals surface area (Å²) < 4.78 is 11.6. The van der Waals surface area contributed by atoms with Crippen LogP contribution in [0.3, 0.4) is 0 Å². The molecule has 0 fully saturated rings. The predicted octanol–water partition coefficient (Wildman–Crippen LogP) is 2.78. The molecule has 1 rings (SSSR count). The minimum Gasteiger partial charge on any atom is -0.491 e. The van der Waals surface area contributed by atoms with Gasteiger partial charge >= 0.3 is 0 Å². The first-order valence-corrected chi connectivity index (χ1v) is 7.71. The lowest BCUT2D eigenvalue weighted by molar-refractivity contribution is -0.655. The van der Waals surface area contributed by atoms with E-state index in [-0.39, 0.29) is 0 Å². The zero-order valence-electron chi connectivity index (χ0n) is 11.5. The third-order valence-electron chi connectivity index (χ3n) is 2.70. The summed E-state index contributed by atoms with van der Waals surface area (Å²) in [5, 5.41) is 2.95. The lowest BCUT2D eigenvalue weighted by Gasteiger charge is -2.10. The van der Waals surface area contributed by atoms with Crippen LogP contribution < -0.4 is 10.1 Å². The molecule has 0 aromatic heterocycles. The van der Waals surface area contributed by atoms with E-state index in [1.165, 1.54) is 0 Å². The Kier molecular flexibility index (Phi) is 8.46. The summed E-state index contributed by atoms with van der Waals surface area (Å²) in [7, 11) is 1.73. The number of rotatable bonds is 9. The molecule has 0 spiro atoms. The molecule has 3 nitrogen and oxygen atoms in total. The van der Waals surface area contributed by atoms with E-state index in [9.17, 15) is 0 Å². The smallest absolute Gasteiger partial charge is 0.152 e. The van der Waals surface area contributed by atoms with Crippen LogP contribution in [0.1, 0.15) is 18.4 Å². The molecular weight excluding hydrogens is 330 g/mol. The van der Waals surface area contributed by atoms with Gasteiger partial charge in [-0.05, 0) is 40.5 Å². The lowest BCUT2D eigenvalue weighted by atomic mass is 10.2. The molecule has 0 atom stereocenters. The van der Waals surface area contributed by atoms with Crippen molar-refractivity contribution in [3.8, 4) is 5.75 Å². The van der Waals surface area contributed by atoms with Crippen LogP contribution in [0.2, 0.25) is 5.02 Å². The number of nitrogens with two attached hydrogens (primary N) is 1. The Labute approximate surface area is 128 Å². The Morgan fingerprint density at radius 1 is 1.21 bits per heavy atom. The van der Waals surface area contributed by atoms with Crippen LogP contribution in [-0.2, 0) is 4.74 Å². The Morgan fingerprint density at radius 3 is 2.53 bits per heavy atom.